The van der Waals surface area contributed by atoms with E-state index in [0.29, 0.717) is 45.8 Å². The number of halogens is 2. The van der Waals surface area contributed by atoms with Gasteiger partial charge in [0.2, 0.25) is 5.89 Å². The van der Waals surface area contributed by atoms with Crippen molar-refractivity contribution < 1.29 is 9.52 Å². The SMILES string of the molecule is Cc1c(-c2nc3cc(CNCCO)cc(Cl)c3o2)cccc1-c1cccc(N)c1Cl. The lowest BCUT2D eigenvalue weighted by Crippen LogP contribution is -2.17. The van der Waals surface area contributed by atoms with E-state index in [1.54, 1.807) is 6.07 Å². The third kappa shape index (κ3) is 3.89. The molecule has 4 rings (SSSR count). The van der Waals surface area contributed by atoms with Crippen LogP contribution in [0.3, 0.4) is 0 Å². The maximum Gasteiger partial charge on any atom is 0.227 e. The van der Waals surface area contributed by atoms with Crippen LogP contribution in [-0.2, 0) is 6.54 Å². The number of fused-ring (bicyclic) bond motifs is 1. The maximum atomic E-state index is 8.93. The Morgan fingerprint density at radius 2 is 1.80 bits per heavy atom. The molecule has 0 saturated heterocycles. The Labute approximate surface area is 184 Å². The average molecular weight is 442 g/mol. The lowest BCUT2D eigenvalue weighted by Gasteiger charge is -2.12. The minimum Gasteiger partial charge on any atom is -0.434 e. The second-order valence-electron chi connectivity index (χ2n) is 7.03. The molecule has 1 heterocycles. The molecule has 0 fully saturated rings. The predicted molar refractivity (Wildman–Crippen MR) is 123 cm³/mol. The normalized spacial score (nSPS) is 11.3. The van der Waals surface area contributed by atoms with Crippen molar-refractivity contribution in [3.8, 4) is 22.6 Å². The van der Waals surface area contributed by atoms with Crippen molar-refractivity contribution in [3.63, 3.8) is 0 Å². The first-order valence-electron chi connectivity index (χ1n) is 9.54. The van der Waals surface area contributed by atoms with Crippen LogP contribution in [0.5, 0.6) is 0 Å². The van der Waals surface area contributed by atoms with Crippen LogP contribution in [-0.4, -0.2) is 23.2 Å². The molecule has 0 amide bonds. The Bertz CT molecular complexity index is 1220. The Morgan fingerprint density at radius 3 is 2.60 bits per heavy atom. The van der Waals surface area contributed by atoms with E-state index in [4.69, 9.17) is 38.5 Å². The zero-order valence-corrected chi connectivity index (χ0v) is 17.9. The molecule has 0 aliphatic heterocycles. The van der Waals surface area contributed by atoms with E-state index in [9.17, 15) is 0 Å². The fourth-order valence-corrected chi connectivity index (χ4v) is 4.00. The van der Waals surface area contributed by atoms with Gasteiger partial charge in [0, 0.05) is 24.2 Å². The average Bonchev–Trinajstić information content (AvgIpc) is 3.15. The summed E-state index contributed by atoms with van der Waals surface area (Å²) in [7, 11) is 0. The highest BCUT2D eigenvalue weighted by molar-refractivity contribution is 6.36. The van der Waals surface area contributed by atoms with Gasteiger partial charge in [-0.05, 0) is 47.9 Å². The predicted octanol–water partition coefficient (Wildman–Crippen LogP) is 5.44. The van der Waals surface area contributed by atoms with Crippen molar-refractivity contribution in [1.82, 2.24) is 10.3 Å². The molecule has 7 heteroatoms. The van der Waals surface area contributed by atoms with Gasteiger partial charge in [0.1, 0.15) is 5.52 Å². The zero-order chi connectivity index (χ0) is 21.3. The molecule has 0 bridgehead atoms. The number of aliphatic hydroxyl groups excluding tert-OH is 1. The quantitative estimate of drug-likeness (QED) is 0.274. The number of aromatic nitrogens is 1. The number of nitrogen functional groups attached to an aromatic ring is 1. The van der Waals surface area contributed by atoms with Crippen molar-refractivity contribution >= 4 is 40.0 Å². The van der Waals surface area contributed by atoms with Crippen molar-refractivity contribution in [2.45, 2.75) is 13.5 Å². The Balaban J connectivity index is 1.77. The van der Waals surface area contributed by atoms with Crippen molar-refractivity contribution in [2.75, 3.05) is 18.9 Å². The monoisotopic (exact) mass is 441 g/mol. The van der Waals surface area contributed by atoms with Gasteiger partial charge in [0.25, 0.3) is 0 Å². The number of nitrogens with zero attached hydrogens (tertiary/aromatic N) is 1. The fraction of sp³-hybridized carbons (Fsp3) is 0.174. The molecule has 154 valence electrons. The molecule has 4 aromatic rings. The smallest absolute Gasteiger partial charge is 0.227 e. The van der Waals surface area contributed by atoms with Gasteiger partial charge in [0.05, 0.1) is 22.3 Å². The van der Waals surface area contributed by atoms with Crippen molar-refractivity contribution in [2.24, 2.45) is 0 Å². The highest BCUT2D eigenvalue weighted by Gasteiger charge is 2.17. The summed E-state index contributed by atoms with van der Waals surface area (Å²) < 4.78 is 6.03. The van der Waals surface area contributed by atoms with E-state index >= 15 is 0 Å². The highest BCUT2D eigenvalue weighted by atomic mass is 35.5. The summed E-state index contributed by atoms with van der Waals surface area (Å²) in [6, 6.07) is 15.3. The van der Waals surface area contributed by atoms with E-state index in [0.717, 1.165) is 27.8 Å². The summed E-state index contributed by atoms with van der Waals surface area (Å²) in [5, 5.41) is 13.1. The molecule has 5 nitrogen and oxygen atoms in total. The Hall–Kier alpha value is -2.57. The van der Waals surface area contributed by atoms with Crippen LogP contribution in [0, 0.1) is 6.92 Å². The van der Waals surface area contributed by atoms with Gasteiger partial charge >= 0.3 is 0 Å². The molecule has 3 aromatic carbocycles. The molecule has 30 heavy (non-hydrogen) atoms. The topological polar surface area (TPSA) is 84.3 Å². The van der Waals surface area contributed by atoms with Gasteiger partial charge < -0.3 is 20.6 Å². The summed E-state index contributed by atoms with van der Waals surface area (Å²) in [6.45, 7) is 3.18. The van der Waals surface area contributed by atoms with Crippen molar-refractivity contribution in [1.29, 1.82) is 0 Å². The van der Waals surface area contributed by atoms with Crippen LogP contribution in [0.15, 0.2) is 52.9 Å². The van der Waals surface area contributed by atoms with Crippen LogP contribution in [0.1, 0.15) is 11.1 Å². The van der Waals surface area contributed by atoms with Crippen LogP contribution in [0.2, 0.25) is 10.0 Å². The molecule has 1 aromatic heterocycles. The molecule has 0 aliphatic rings. The molecule has 0 aliphatic carbocycles. The second kappa shape index (κ2) is 8.66. The van der Waals surface area contributed by atoms with Crippen LogP contribution in [0.25, 0.3) is 33.7 Å². The fourth-order valence-electron chi connectivity index (χ4n) is 3.49. The van der Waals surface area contributed by atoms with Crippen LogP contribution in [0.4, 0.5) is 5.69 Å². The van der Waals surface area contributed by atoms with Gasteiger partial charge in [-0.2, -0.15) is 0 Å². The van der Waals surface area contributed by atoms with Gasteiger partial charge in [0.15, 0.2) is 5.58 Å². The third-order valence-electron chi connectivity index (χ3n) is 5.01. The first-order chi connectivity index (χ1) is 14.5. The first-order valence-corrected chi connectivity index (χ1v) is 10.3. The zero-order valence-electron chi connectivity index (χ0n) is 16.4. The lowest BCUT2D eigenvalue weighted by molar-refractivity contribution is 0.292. The number of nitrogens with two attached hydrogens (primary N) is 1. The van der Waals surface area contributed by atoms with Gasteiger partial charge in [-0.3, -0.25) is 0 Å². The number of aliphatic hydroxyl groups is 1. The molecule has 0 spiro atoms. The standard InChI is InChI=1S/C23H21Cl2N3O2/c1-13-15(17-6-3-7-19(26)21(17)25)4-2-5-16(13)23-28-20-11-14(12-27-8-9-29)10-18(24)22(20)30-23/h2-7,10-11,27,29H,8-9,12,26H2,1H3. The molecule has 4 N–H and O–H groups in total. The third-order valence-corrected chi connectivity index (χ3v) is 5.71. The second-order valence-corrected chi connectivity index (χ2v) is 7.82. The first kappa shape index (κ1) is 20.7. The van der Waals surface area contributed by atoms with E-state index in [2.05, 4.69) is 10.3 Å². The van der Waals surface area contributed by atoms with Crippen LogP contribution < -0.4 is 11.1 Å². The molecular formula is C23H21Cl2N3O2. The van der Waals surface area contributed by atoms with E-state index < -0.39 is 0 Å². The number of benzene rings is 3. The largest absolute Gasteiger partial charge is 0.434 e. The molecule has 0 atom stereocenters. The lowest BCUT2D eigenvalue weighted by atomic mass is 9.96. The van der Waals surface area contributed by atoms with Crippen molar-refractivity contribution in [3.05, 3.63) is 69.7 Å². The Kier molecular flexibility index (Phi) is 5.97. The van der Waals surface area contributed by atoms with Gasteiger partial charge in [-0.25, -0.2) is 4.98 Å². The van der Waals surface area contributed by atoms with Gasteiger partial charge in [-0.1, -0.05) is 47.5 Å². The molecule has 0 unspecified atom stereocenters. The number of oxazole rings is 1. The summed E-state index contributed by atoms with van der Waals surface area (Å²) in [5.74, 6) is 0.492. The van der Waals surface area contributed by atoms with E-state index in [-0.39, 0.29) is 6.61 Å². The summed E-state index contributed by atoms with van der Waals surface area (Å²) in [4.78, 5) is 4.68. The van der Waals surface area contributed by atoms with Crippen LogP contribution >= 0.6 is 23.2 Å². The minimum atomic E-state index is 0.0801. The minimum absolute atomic E-state index is 0.0801. The number of anilines is 1. The van der Waals surface area contributed by atoms with Gasteiger partial charge in [-0.15, -0.1) is 0 Å². The molecular weight excluding hydrogens is 421 g/mol. The molecule has 0 saturated carbocycles. The van der Waals surface area contributed by atoms with E-state index in [1.165, 1.54) is 0 Å². The summed E-state index contributed by atoms with van der Waals surface area (Å²) >= 11 is 12.9. The number of rotatable bonds is 6. The highest BCUT2D eigenvalue weighted by Crippen LogP contribution is 2.38. The number of hydrogen-bond acceptors (Lipinski definition) is 5. The maximum absolute atomic E-state index is 8.93. The molecule has 0 radical (unpaired) electrons. The number of hydrogen-bond donors (Lipinski definition) is 3. The number of nitrogens with one attached hydrogen (secondary N) is 1. The summed E-state index contributed by atoms with van der Waals surface area (Å²) in [5.41, 5.74) is 12.4. The van der Waals surface area contributed by atoms with E-state index in [1.807, 2.05) is 49.4 Å². The Morgan fingerprint density at radius 1 is 1.07 bits per heavy atom. The summed E-state index contributed by atoms with van der Waals surface area (Å²) in [6.07, 6.45) is 0.